The molecule has 2 rings (SSSR count). The Hall–Kier alpha value is -1.76. The molecular weight excluding hydrogens is 206 g/mol. The van der Waals surface area contributed by atoms with E-state index in [9.17, 15) is 0 Å². The van der Waals surface area contributed by atoms with E-state index in [1.807, 2.05) is 6.08 Å². The van der Waals surface area contributed by atoms with Gasteiger partial charge in [0.1, 0.15) is 0 Å². The van der Waals surface area contributed by atoms with Crippen LogP contribution in [0.25, 0.3) is 5.57 Å². The molecule has 1 nitrogen and oxygen atoms in total. The van der Waals surface area contributed by atoms with Crippen molar-refractivity contribution in [1.82, 2.24) is 0 Å². The van der Waals surface area contributed by atoms with Gasteiger partial charge in [0.2, 0.25) is 0 Å². The van der Waals surface area contributed by atoms with Gasteiger partial charge in [-0.1, -0.05) is 35.9 Å². The number of benzene rings is 1. The molecule has 0 radical (unpaired) electrons. The third kappa shape index (κ3) is 3.10. The van der Waals surface area contributed by atoms with Crippen LogP contribution in [-0.4, -0.2) is 6.54 Å². The second kappa shape index (κ2) is 5.53. The molecule has 88 valence electrons. The molecule has 0 saturated heterocycles. The second-order valence-corrected chi connectivity index (χ2v) is 4.40. The van der Waals surface area contributed by atoms with Gasteiger partial charge in [0.05, 0.1) is 0 Å². The van der Waals surface area contributed by atoms with Crippen molar-refractivity contribution in [1.29, 1.82) is 0 Å². The van der Waals surface area contributed by atoms with Crippen LogP contribution in [0.5, 0.6) is 0 Å². The highest BCUT2D eigenvalue weighted by Gasteiger charge is 2.05. The molecule has 17 heavy (non-hydrogen) atoms. The van der Waals surface area contributed by atoms with Crippen LogP contribution in [0.3, 0.4) is 0 Å². The monoisotopic (exact) mass is 225 g/mol. The zero-order chi connectivity index (χ0) is 12.1. The molecule has 0 aliphatic heterocycles. The number of nitrogens with one attached hydrogen (secondary N) is 1. The SMILES string of the molecule is C=CCNc1ccc(C2=CC(C)=CCC2)cc1. The van der Waals surface area contributed by atoms with Gasteiger partial charge in [0, 0.05) is 12.2 Å². The van der Waals surface area contributed by atoms with E-state index in [0.29, 0.717) is 0 Å². The first-order chi connectivity index (χ1) is 8.29. The van der Waals surface area contributed by atoms with E-state index in [4.69, 9.17) is 0 Å². The Bertz CT molecular complexity index is 449. The van der Waals surface area contributed by atoms with Crippen LogP contribution in [0.2, 0.25) is 0 Å². The van der Waals surface area contributed by atoms with Gasteiger partial charge in [-0.2, -0.15) is 0 Å². The molecule has 0 atom stereocenters. The summed E-state index contributed by atoms with van der Waals surface area (Å²) < 4.78 is 0. The number of anilines is 1. The predicted octanol–water partition coefficient (Wildman–Crippen LogP) is 4.41. The average Bonchev–Trinajstić information content (AvgIpc) is 2.37. The Kier molecular flexibility index (Phi) is 3.81. The maximum atomic E-state index is 3.70. The number of allylic oxidation sites excluding steroid dienone is 4. The summed E-state index contributed by atoms with van der Waals surface area (Å²) in [5.74, 6) is 0. The molecule has 1 heteroatoms. The molecule has 1 aliphatic carbocycles. The quantitative estimate of drug-likeness (QED) is 0.748. The lowest BCUT2D eigenvalue weighted by Crippen LogP contribution is -1.97. The van der Waals surface area contributed by atoms with E-state index < -0.39 is 0 Å². The third-order valence-corrected chi connectivity index (χ3v) is 2.99. The lowest BCUT2D eigenvalue weighted by Gasteiger charge is -2.12. The topological polar surface area (TPSA) is 12.0 Å². The molecule has 0 spiro atoms. The highest BCUT2D eigenvalue weighted by molar-refractivity contribution is 5.70. The molecule has 0 aromatic heterocycles. The smallest absolute Gasteiger partial charge is 0.0343 e. The Labute approximate surface area is 104 Å². The van der Waals surface area contributed by atoms with Crippen LogP contribution in [0.1, 0.15) is 25.3 Å². The number of rotatable bonds is 4. The molecule has 0 amide bonds. The van der Waals surface area contributed by atoms with Crippen molar-refractivity contribution in [2.75, 3.05) is 11.9 Å². The second-order valence-electron chi connectivity index (χ2n) is 4.40. The molecule has 1 aromatic rings. The fraction of sp³-hybridized carbons (Fsp3) is 0.250. The van der Waals surface area contributed by atoms with Crippen molar-refractivity contribution in [2.24, 2.45) is 0 Å². The van der Waals surface area contributed by atoms with E-state index in [1.165, 1.54) is 16.7 Å². The van der Waals surface area contributed by atoms with Gasteiger partial charge in [-0.25, -0.2) is 0 Å². The van der Waals surface area contributed by atoms with Gasteiger partial charge in [-0.15, -0.1) is 6.58 Å². The van der Waals surface area contributed by atoms with Crippen LogP contribution in [-0.2, 0) is 0 Å². The standard InChI is InChI=1S/C16H19N/c1-3-11-17-16-9-7-14(8-10-16)15-6-4-5-13(2)12-15/h3,5,7-10,12,17H,1,4,6,11H2,2H3. The van der Waals surface area contributed by atoms with Gasteiger partial charge in [-0.05, 0) is 43.0 Å². The van der Waals surface area contributed by atoms with Gasteiger partial charge in [0.25, 0.3) is 0 Å². The molecule has 0 unspecified atom stereocenters. The van der Waals surface area contributed by atoms with Gasteiger partial charge in [-0.3, -0.25) is 0 Å². The minimum absolute atomic E-state index is 0.809. The summed E-state index contributed by atoms with van der Waals surface area (Å²) in [5.41, 5.74) is 5.30. The van der Waals surface area contributed by atoms with Crippen molar-refractivity contribution >= 4 is 11.3 Å². The van der Waals surface area contributed by atoms with Crippen LogP contribution >= 0.6 is 0 Å². The maximum Gasteiger partial charge on any atom is 0.0343 e. The van der Waals surface area contributed by atoms with Crippen molar-refractivity contribution in [3.63, 3.8) is 0 Å². The largest absolute Gasteiger partial charge is 0.382 e. The molecule has 0 heterocycles. The van der Waals surface area contributed by atoms with Crippen molar-refractivity contribution in [2.45, 2.75) is 19.8 Å². The zero-order valence-corrected chi connectivity index (χ0v) is 10.4. The third-order valence-electron chi connectivity index (χ3n) is 2.99. The fourth-order valence-corrected chi connectivity index (χ4v) is 2.08. The van der Waals surface area contributed by atoms with E-state index in [0.717, 1.165) is 25.1 Å². The summed E-state index contributed by atoms with van der Waals surface area (Å²) in [5, 5.41) is 3.28. The first-order valence-electron chi connectivity index (χ1n) is 6.12. The normalized spacial score (nSPS) is 14.9. The highest BCUT2D eigenvalue weighted by Crippen LogP contribution is 2.27. The molecule has 0 fully saturated rings. The summed E-state index contributed by atoms with van der Waals surface area (Å²) in [6, 6.07) is 8.65. The van der Waals surface area contributed by atoms with E-state index in [2.05, 4.69) is 55.2 Å². The highest BCUT2D eigenvalue weighted by atomic mass is 14.8. The number of hydrogen-bond donors (Lipinski definition) is 1. The van der Waals surface area contributed by atoms with E-state index in [-0.39, 0.29) is 0 Å². The predicted molar refractivity (Wildman–Crippen MR) is 76.1 cm³/mol. The average molecular weight is 225 g/mol. The molecule has 1 aromatic carbocycles. The molecule has 0 saturated carbocycles. The minimum Gasteiger partial charge on any atom is -0.382 e. The molecule has 0 bridgehead atoms. The molecule has 1 N–H and O–H groups in total. The zero-order valence-electron chi connectivity index (χ0n) is 10.4. The fourth-order valence-electron chi connectivity index (χ4n) is 2.08. The maximum absolute atomic E-state index is 3.70. The van der Waals surface area contributed by atoms with Crippen LogP contribution in [0.4, 0.5) is 5.69 Å². The first-order valence-corrected chi connectivity index (χ1v) is 6.12. The van der Waals surface area contributed by atoms with E-state index >= 15 is 0 Å². The van der Waals surface area contributed by atoms with Gasteiger partial charge >= 0.3 is 0 Å². The van der Waals surface area contributed by atoms with Gasteiger partial charge < -0.3 is 5.32 Å². The van der Waals surface area contributed by atoms with Gasteiger partial charge in [0.15, 0.2) is 0 Å². The minimum atomic E-state index is 0.809. The van der Waals surface area contributed by atoms with Crippen LogP contribution < -0.4 is 5.32 Å². The van der Waals surface area contributed by atoms with E-state index in [1.54, 1.807) is 0 Å². The van der Waals surface area contributed by atoms with Crippen LogP contribution in [0, 0.1) is 0 Å². The Morgan fingerprint density at radius 2 is 2.06 bits per heavy atom. The number of hydrogen-bond acceptors (Lipinski definition) is 1. The molecule has 1 aliphatic rings. The summed E-state index contributed by atoms with van der Waals surface area (Å²) in [4.78, 5) is 0. The lowest BCUT2D eigenvalue weighted by atomic mass is 9.94. The van der Waals surface area contributed by atoms with Crippen LogP contribution in [0.15, 0.2) is 54.6 Å². The van der Waals surface area contributed by atoms with Crippen molar-refractivity contribution in [3.8, 4) is 0 Å². The Balaban J connectivity index is 2.12. The molecular formula is C16H19N. The Morgan fingerprint density at radius 3 is 2.71 bits per heavy atom. The van der Waals surface area contributed by atoms with Crippen molar-refractivity contribution < 1.29 is 0 Å². The summed E-state index contributed by atoms with van der Waals surface area (Å²) in [6.45, 7) is 6.67. The van der Waals surface area contributed by atoms with Crippen molar-refractivity contribution in [3.05, 3.63) is 60.2 Å². The summed E-state index contributed by atoms with van der Waals surface area (Å²) >= 11 is 0. The lowest BCUT2D eigenvalue weighted by molar-refractivity contribution is 1.03. The summed E-state index contributed by atoms with van der Waals surface area (Å²) in [7, 11) is 0. The first kappa shape index (κ1) is 11.7. The Morgan fingerprint density at radius 1 is 1.29 bits per heavy atom. The summed E-state index contributed by atoms with van der Waals surface area (Å²) in [6.07, 6.45) is 8.76.